The summed E-state index contributed by atoms with van der Waals surface area (Å²) in [4.78, 5) is 17.1. The van der Waals surface area contributed by atoms with Crippen molar-refractivity contribution >= 4 is 17.5 Å². The van der Waals surface area contributed by atoms with Gasteiger partial charge in [-0.3, -0.25) is 4.79 Å². The summed E-state index contributed by atoms with van der Waals surface area (Å²) in [5.41, 5.74) is 2.88. The SMILES string of the molecule is CN1CCCC(COc2cc(-c3cccc(Cl)c3)cc3c2OCCN(C(=O)c2ccco2)C3)C1. The van der Waals surface area contributed by atoms with E-state index in [0.29, 0.717) is 54.5 Å². The van der Waals surface area contributed by atoms with Crippen LogP contribution >= 0.6 is 11.6 Å². The lowest BCUT2D eigenvalue weighted by atomic mass is 9.99. The van der Waals surface area contributed by atoms with Crippen molar-refractivity contribution in [1.29, 1.82) is 0 Å². The first-order valence-corrected chi connectivity index (χ1v) is 12.1. The molecule has 0 saturated carbocycles. The van der Waals surface area contributed by atoms with E-state index in [-0.39, 0.29) is 5.91 Å². The van der Waals surface area contributed by atoms with Crippen LogP contribution in [0.2, 0.25) is 5.02 Å². The van der Waals surface area contributed by atoms with E-state index in [1.807, 2.05) is 30.3 Å². The molecule has 2 aliphatic rings. The standard InChI is InChI=1S/C27H29ClN2O4/c1-29-9-3-5-19(16-29)18-34-25-15-21(20-6-2-7-23(28)14-20)13-22-17-30(10-12-33-26(22)25)27(31)24-8-4-11-32-24/h2,4,6-8,11,13-15,19H,3,5,9-10,12,16-18H2,1H3. The molecule has 2 aliphatic heterocycles. The second-order valence-electron chi connectivity index (χ2n) is 9.11. The first kappa shape index (κ1) is 22.8. The van der Waals surface area contributed by atoms with Crippen LogP contribution in [0.5, 0.6) is 11.5 Å². The Balaban J connectivity index is 1.47. The average molecular weight is 481 g/mol. The highest BCUT2D eigenvalue weighted by Gasteiger charge is 2.26. The number of amides is 1. The Labute approximate surface area is 205 Å². The van der Waals surface area contributed by atoms with Crippen LogP contribution < -0.4 is 9.47 Å². The Bertz CT molecular complexity index is 1150. The Hall–Kier alpha value is -2.96. The quantitative estimate of drug-likeness (QED) is 0.492. The summed E-state index contributed by atoms with van der Waals surface area (Å²) in [5, 5.41) is 0.672. The molecule has 3 aromatic rings. The maximum atomic E-state index is 13.0. The van der Waals surface area contributed by atoms with Gasteiger partial charge in [-0.25, -0.2) is 0 Å². The highest BCUT2D eigenvalue weighted by Crippen LogP contribution is 2.39. The molecule has 7 heteroatoms. The zero-order valence-electron chi connectivity index (χ0n) is 19.3. The Morgan fingerprint density at radius 1 is 1.15 bits per heavy atom. The van der Waals surface area contributed by atoms with Gasteiger partial charge in [0.1, 0.15) is 6.61 Å². The van der Waals surface area contributed by atoms with Crippen molar-refractivity contribution in [3.63, 3.8) is 0 Å². The third-order valence-corrected chi connectivity index (χ3v) is 6.71. The smallest absolute Gasteiger partial charge is 0.289 e. The number of carbonyl (C=O) groups is 1. The van der Waals surface area contributed by atoms with Crippen LogP contribution in [-0.4, -0.2) is 55.6 Å². The van der Waals surface area contributed by atoms with Gasteiger partial charge in [0.15, 0.2) is 17.3 Å². The first-order chi connectivity index (χ1) is 16.6. The summed E-state index contributed by atoms with van der Waals surface area (Å²) in [6, 6.07) is 15.3. The molecule has 1 unspecified atom stereocenters. The van der Waals surface area contributed by atoms with E-state index in [0.717, 1.165) is 36.2 Å². The van der Waals surface area contributed by atoms with Crippen LogP contribution in [0.4, 0.5) is 0 Å². The molecule has 3 heterocycles. The Morgan fingerprint density at radius 3 is 2.85 bits per heavy atom. The largest absolute Gasteiger partial charge is 0.489 e. The number of ether oxygens (including phenoxy) is 2. The summed E-state index contributed by atoms with van der Waals surface area (Å²) in [7, 11) is 2.16. The van der Waals surface area contributed by atoms with Crippen molar-refractivity contribution in [2.24, 2.45) is 5.92 Å². The van der Waals surface area contributed by atoms with Gasteiger partial charge < -0.3 is 23.7 Å². The Kier molecular flexibility index (Phi) is 6.79. The van der Waals surface area contributed by atoms with Crippen molar-refractivity contribution in [2.45, 2.75) is 19.4 Å². The molecule has 1 fully saturated rings. The van der Waals surface area contributed by atoms with Gasteiger partial charge in [0.2, 0.25) is 0 Å². The van der Waals surface area contributed by atoms with E-state index in [4.69, 9.17) is 25.5 Å². The van der Waals surface area contributed by atoms with E-state index >= 15 is 0 Å². The number of fused-ring (bicyclic) bond motifs is 1. The van der Waals surface area contributed by atoms with Crippen molar-refractivity contribution in [3.05, 3.63) is 71.1 Å². The summed E-state index contributed by atoms with van der Waals surface area (Å²) >= 11 is 6.28. The van der Waals surface area contributed by atoms with Crippen molar-refractivity contribution in [1.82, 2.24) is 9.80 Å². The number of halogens is 1. The average Bonchev–Trinajstić information content (AvgIpc) is 3.29. The summed E-state index contributed by atoms with van der Waals surface area (Å²) in [5.74, 6) is 2.08. The molecule has 1 saturated heterocycles. The number of nitrogens with zero attached hydrogens (tertiary/aromatic N) is 2. The van der Waals surface area contributed by atoms with Crippen LogP contribution in [0, 0.1) is 5.92 Å². The van der Waals surface area contributed by atoms with Gasteiger partial charge >= 0.3 is 0 Å². The normalized spacial score (nSPS) is 18.6. The second-order valence-corrected chi connectivity index (χ2v) is 9.54. The summed E-state index contributed by atoms with van der Waals surface area (Å²) in [6.07, 6.45) is 3.86. The third kappa shape index (κ3) is 5.08. The van der Waals surface area contributed by atoms with Gasteiger partial charge in [-0.05, 0) is 74.0 Å². The highest BCUT2D eigenvalue weighted by atomic mass is 35.5. The maximum absolute atomic E-state index is 13.0. The number of furan rings is 1. The number of carbonyl (C=O) groups excluding carboxylic acids is 1. The molecular formula is C27H29ClN2O4. The fraction of sp³-hybridized carbons (Fsp3) is 0.370. The molecular weight excluding hydrogens is 452 g/mol. The van der Waals surface area contributed by atoms with Crippen LogP contribution in [-0.2, 0) is 6.54 Å². The minimum Gasteiger partial charge on any atom is -0.489 e. The third-order valence-electron chi connectivity index (χ3n) is 6.47. The molecule has 0 spiro atoms. The van der Waals surface area contributed by atoms with Crippen molar-refractivity contribution in [2.75, 3.05) is 39.9 Å². The fourth-order valence-corrected chi connectivity index (χ4v) is 4.96. The van der Waals surface area contributed by atoms with Crippen molar-refractivity contribution < 1.29 is 18.7 Å². The van der Waals surface area contributed by atoms with E-state index < -0.39 is 0 Å². The lowest BCUT2D eigenvalue weighted by Gasteiger charge is -2.29. The highest BCUT2D eigenvalue weighted by molar-refractivity contribution is 6.30. The molecule has 5 rings (SSSR count). The number of hydrogen-bond donors (Lipinski definition) is 0. The zero-order chi connectivity index (χ0) is 23.5. The predicted molar refractivity (Wildman–Crippen MR) is 132 cm³/mol. The zero-order valence-corrected chi connectivity index (χ0v) is 20.1. The molecule has 0 aliphatic carbocycles. The molecule has 0 radical (unpaired) electrons. The minimum absolute atomic E-state index is 0.151. The molecule has 1 aromatic heterocycles. The van der Waals surface area contributed by atoms with Gasteiger partial charge in [-0.15, -0.1) is 0 Å². The van der Waals surface area contributed by atoms with Gasteiger partial charge in [0.05, 0.1) is 26.0 Å². The topological polar surface area (TPSA) is 55.2 Å². The molecule has 34 heavy (non-hydrogen) atoms. The second kappa shape index (κ2) is 10.1. The number of piperidine rings is 1. The van der Waals surface area contributed by atoms with Crippen molar-refractivity contribution in [3.8, 4) is 22.6 Å². The molecule has 6 nitrogen and oxygen atoms in total. The Morgan fingerprint density at radius 2 is 2.06 bits per heavy atom. The van der Waals surface area contributed by atoms with Crippen LogP contribution in [0.15, 0.2) is 59.2 Å². The van der Waals surface area contributed by atoms with E-state index in [1.54, 1.807) is 17.0 Å². The monoisotopic (exact) mass is 480 g/mol. The molecule has 1 atom stereocenters. The van der Waals surface area contributed by atoms with Gasteiger partial charge in [0, 0.05) is 23.0 Å². The molecule has 0 bridgehead atoms. The molecule has 1 amide bonds. The number of benzene rings is 2. The van der Waals surface area contributed by atoms with E-state index in [2.05, 4.69) is 18.0 Å². The summed E-state index contributed by atoms with van der Waals surface area (Å²) < 4.78 is 17.9. The minimum atomic E-state index is -0.151. The van der Waals surface area contributed by atoms with E-state index in [1.165, 1.54) is 12.7 Å². The molecule has 2 aromatic carbocycles. The lowest BCUT2D eigenvalue weighted by molar-refractivity contribution is 0.0701. The molecule has 0 N–H and O–H groups in total. The van der Waals surface area contributed by atoms with E-state index in [9.17, 15) is 4.79 Å². The van der Waals surface area contributed by atoms with Gasteiger partial charge in [0.25, 0.3) is 5.91 Å². The van der Waals surface area contributed by atoms with Gasteiger partial charge in [-0.1, -0.05) is 23.7 Å². The van der Waals surface area contributed by atoms with Crippen LogP contribution in [0.1, 0.15) is 29.0 Å². The number of likely N-dealkylation sites (tertiary alicyclic amines) is 1. The predicted octanol–water partition coefficient (Wildman–Crippen LogP) is 5.36. The summed E-state index contributed by atoms with van der Waals surface area (Å²) in [6.45, 7) is 4.06. The van der Waals surface area contributed by atoms with Crippen LogP contribution in [0.25, 0.3) is 11.1 Å². The van der Waals surface area contributed by atoms with Gasteiger partial charge in [-0.2, -0.15) is 0 Å². The first-order valence-electron chi connectivity index (χ1n) is 11.8. The van der Waals surface area contributed by atoms with Crippen LogP contribution in [0.3, 0.4) is 0 Å². The fourth-order valence-electron chi connectivity index (χ4n) is 4.77. The maximum Gasteiger partial charge on any atom is 0.289 e. The molecule has 178 valence electrons. The number of hydrogen-bond acceptors (Lipinski definition) is 5. The number of rotatable bonds is 5. The lowest BCUT2D eigenvalue weighted by Crippen LogP contribution is -2.34.